The first-order chi connectivity index (χ1) is 7.35. The zero-order chi connectivity index (χ0) is 10.7. The topological polar surface area (TPSA) is 30.9 Å². The van der Waals surface area contributed by atoms with E-state index in [9.17, 15) is 0 Å². The number of nitrogens with two attached hydrogens (primary N) is 1. The van der Waals surface area contributed by atoms with Crippen LogP contribution in [-0.2, 0) is 13.1 Å². The highest BCUT2D eigenvalue weighted by molar-refractivity contribution is 7.98. The molecule has 0 aliphatic rings. The number of hydrogen-bond donors (Lipinski definition) is 1. The molecule has 2 nitrogen and oxygen atoms in total. The molecule has 1 aromatic carbocycles. The Hall–Kier alpha value is -0.930. The van der Waals surface area contributed by atoms with E-state index in [2.05, 4.69) is 41.3 Å². The summed E-state index contributed by atoms with van der Waals surface area (Å²) in [5.74, 6) is 1.15. The van der Waals surface area contributed by atoms with E-state index < -0.39 is 0 Å². The Morgan fingerprint density at radius 2 is 2.20 bits per heavy atom. The number of aryl methyl sites for hydroxylation is 1. The number of rotatable bonds is 4. The lowest BCUT2D eigenvalue weighted by molar-refractivity contribution is 0.807. The Morgan fingerprint density at radius 3 is 2.93 bits per heavy atom. The van der Waals surface area contributed by atoms with E-state index in [-0.39, 0.29) is 0 Å². The summed E-state index contributed by atoms with van der Waals surface area (Å²) in [5.41, 5.74) is 8.15. The largest absolute Gasteiger partial charge is 0.347 e. The van der Waals surface area contributed by atoms with Gasteiger partial charge in [0.05, 0.1) is 0 Å². The third-order valence-corrected chi connectivity index (χ3v) is 3.20. The number of hydrogen-bond acceptors (Lipinski definition) is 2. The van der Waals surface area contributed by atoms with Crippen LogP contribution in [-0.4, -0.2) is 16.6 Å². The molecular weight excluding hydrogens is 204 g/mol. The van der Waals surface area contributed by atoms with Crippen LogP contribution in [0.5, 0.6) is 0 Å². The van der Waals surface area contributed by atoms with Crippen LogP contribution in [0.25, 0.3) is 10.9 Å². The third kappa shape index (κ3) is 2.19. The van der Waals surface area contributed by atoms with Crippen molar-refractivity contribution in [3.8, 4) is 0 Å². The highest BCUT2D eigenvalue weighted by Crippen LogP contribution is 2.17. The standard InChI is InChI=1S/C12H16N2S/c1-15-7-6-14-5-4-11-3-2-10(9-13)8-12(11)14/h2-5,8H,6-7,9,13H2,1H3. The summed E-state index contributed by atoms with van der Waals surface area (Å²) in [6.45, 7) is 1.68. The number of thioether (sulfide) groups is 1. The van der Waals surface area contributed by atoms with E-state index in [1.807, 2.05) is 11.8 Å². The molecule has 3 heteroatoms. The molecule has 0 saturated heterocycles. The number of benzene rings is 1. The molecule has 0 aliphatic carbocycles. The minimum Gasteiger partial charge on any atom is -0.347 e. The van der Waals surface area contributed by atoms with Gasteiger partial charge in [0.15, 0.2) is 0 Å². The minimum absolute atomic E-state index is 0.615. The van der Waals surface area contributed by atoms with Gasteiger partial charge in [-0.3, -0.25) is 0 Å². The summed E-state index contributed by atoms with van der Waals surface area (Å²) in [7, 11) is 0. The molecule has 2 rings (SSSR count). The molecule has 1 heterocycles. The molecule has 2 N–H and O–H groups in total. The lowest BCUT2D eigenvalue weighted by atomic mass is 10.2. The third-order valence-electron chi connectivity index (χ3n) is 2.61. The molecule has 2 aromatic rings. The van der Waals surface area contributed by atoms with Crippen LogP contribution in [0.15, 0.2) is 30.5 Å². The van der Waals surface area contributed by atoms with Crippen molar-refractivity contribution < 1.29 is 0 Å². The van der Waals surface area contributed by atoms with Gasteiger partial charge in [-0.1, -0.05) is 12.1 Å². The van der Waals surface area contributed by atoms with Crippen molar-refractivity contribution >= 4 is 22.7 Å². The Balaban J connectivity index is 2.38. The first kappa shape index (κ1) is 10.6. The fraction of sp³-hybridized carbons (Fsp3) is 0.333. The smallest absolute Gasteiger partial charge is 0.0483 e. The quantitative estimate of drug-likeness (QED) is 0.858. The summed E-state index contributed by atoms with van der Waals surface area (Å²) in [4.78, 5) is 0. The zero-order valence-corrected chi connectivity index (χ0v) is 9.76. The predicted molar refractivity (Wildman–Crippen MR) is 68.2 cm³/mol. The minimum atomic E-state index is 0.615. The molecule has 80 valence electrons. The average molecular weight is 220 g/mol. The molecule has 0 radical (unpaired) electrons. The number of fused-ring (bicyclic) bond motifs is 1. The Labute approximate surface area is 94.5 Å². The van der Waals surface area contributed by atoms with Crippen LogP contribution < -0.4 is 5.73 Å². The Morgan fingerprint density at radius 1 is 1.33 bits per heavy atom. The fourth-order valence-corrected chi connectivity index (χ4v) is 2.12. The molecule has 0 amide bonds. The van der Waals surface area contributed by atoms with Crippen LogP contribution in [0.3, 0.4) is 0 Å². The molecule has 0 bridgehead atoms. The summed E-state index contributed by atoms with van der Waals surface area (Å²) < 4.78 is 2.30. The van der Waals surface area contributed by atoms with Crippen LogP contribution in [0.1, 0.15) is 5.56 Å². The van der Waals surface area contributed by atoms with Gasteiger partial charge in [0.1, 0.15) is 0 Å². The molecule has 0 unspecified atom stereocenters. The van der Waals surface area contributed by atoms with Crippen molar-refractivity contribution in [1.82, 2.24) is 4.57 Å². The van der Waals surface area contributed by atoms with E-state index in [0.29, 0.717) is 6.54 Å². The second-order valence-corrected chi connectivity index (χ2v) is 4.58. The highest BCUT2D eigenvalue weighted by atomic mass is 32.2. The van der Waals surface area contributed by atoms with Crippen molar-refractivity contribution in [1.29, 1.82) is 0 Å². The first-order valence-electron chi connectivity index (χ1n) is 5.12. The van der Waals surface area contributed by atoms with E-state index in [0.717, 1.165) is 12.3 Å². The predicted octanol–water partition coefficient (Wildman–Crippen LogP) is 2.46. The Bertz CT molecular complexity index is 448. The van der Waals surface area contributed by atoms with Crippen LogP contribution in [0, 0.1) is 0 Å². The van der Waals surface area contributed by atoms with Crippen molar-refractivity contribution in [2.75, 3.05) is 12.0 Å². The molecule has 0 fully saturated rings. The zero-order valence-electron chi connectivity index (χ0n) is 8.94. The monoisotopic (exact) mass is 220 g/mol. The van der Waals surface area contributed by atoms with Crippen molar-refractivity contribution in [3.63, 3.8) is 0 Å². The van der Waals surface area contributed by atoms with Crippen molar-refractivity contribution in [3.05, 3.63) is 36.0 Å². The summed E-state index contributed by atoms with van der Waals surface area (Å²) >= 11 is 1.87. The molecule has 0 spiro atoms. The van der Waals surface area contributed by atoms with Gasteiger partial charge in [0.2, 0.25) is 0 Å². The fourth-order valence-electron chi connectivity index (χ4n) is 1.74. The maximum atomic E-state index is 5.65. The van der Waals surface area contributed by atoms with Gasteiger partial charge in [0, 0.05) is 30.6 Å². The van der Waals surface area contributed by atoms with E-state index in [1.165, 1.54) is 16.5 Å². The van der Waals surface area contributed by atoms with Gasteiger partial charge < -0.3 is 10.3 Å². The van der Waals surface area contributed by atoms with Crippen molar-refractivity contribution in [2.24, 2.45) is 5.73 Å². The van der Waals surface area contributed by atoms with Gasteiger partial charge in [-0.15, -0.1) is 0 Å². The van der Waals surface area contributed by atoms with Gasteiger partial charge in [-0.2, -0.15) is 11.8 Å². The molecule has 0 saturated carbocycles. The Kier molecular flexibility index (Phi) is 3.34. The maximum absolute atomic E-state index is 5.65. The van der Waals surface area contributed by atoms with Crippen LogP contribution >= 0.6 is 11.8 Å². The molecular formula is C12H16N2S. The van der Waals surface area contributed by atoms with E-state index in [4.69, 9.17) is 5.73 Å². The van der Waals surface area contributed by atoms with Crippen LogP contribution in [0.4, 0.5) is 0 Å². The molecule has 0 aliphatic heterocycles. The second kappa shape index (κ2) is 4.73. The maximum Gasteiger partial charge on any atom is 0.0483 e. The summed E-state index contributed by atoms with van der Waals surface area (Å²) in [6, 6.07) is 8.60. The van der Waals surface area contributed by atoms with Crippen LogP contribution in [0.2, 0.25) is 0 Å². The van der Waals surface area contributed by atoms with Crippen molar-refractivity contribution in [2.45, 2.75) is 13.1 Å². The van der Waals surface area contributed by atoms with Gasteiger partial charge in [-0.05, 0) is 29.3 Å². The summed E-state index contributed by atoms with van der Waals surface area (Å²) in [5, 5.41) is 1.30. The lowest BCUT2D eigenvalue weighted by Crippen LogP contribution is -2.00. The SMILES string of the molecule is CSCCn1ccc2ccc(CN)cc21. The molecule has 1 aromatic heterocycles. The second-order valence-electron chi connectivity index (χ2n) is 3.60. The van der Waals surface area contributed by atoms with E-state index in [1.54, 1.807) is 0 Å². The van der Waals surface area contributed by atoms with E-state index >= 15 is 0 Å². The van der Waals surface area contributed by atoms with Gasteiger partial charge >= 0.3 is 0 Å². The van der Waals surface area contributed by atoms with Gasteiger partial charge in [0.25, 0.3) is 0 Å². The molecule has 15 heavy (non-hydrogen) atoms. The highest BCUT2D eigenvalue weighted by Gasteiger charge is 2.01. The van der Waals surface area contributed by atoms with Gasteiger partial charge in [-0.25, -0.2) is 0 Å². The first-order valence-corrected chi connectivity index (χ1v) is 6.51. The number of aromatic nitrogens is 1. The average Bonchev–Trinajstić information content (AvgIpc) is 2.68. The summed E-state index contributed by atoms with van der Waals surface area (Å²) in [6.07, 6.45) is 4.29. The number of nitrogens with zero attached hydrogens (tertiary/aromatic N) is 1. The normalized spacial score (nSPS) is 11.1. The molecule has 0 atom stereocenters. The lowest BCUT2D eigenvalue weighted by Gasteiger charge is -2.05.